The number of aromatic amines is 1. The van der Waals surface area contributed by atoms with Crippen molar-refractivity contribution in [1.29, 1.82) is 0 Å². The van der Waals surface area contributed by atoms with Crippen molar-refractivity contribution in [2.24, 2.45) is 0 Å². The Kier molecular flexibility index (Phi) is 3.18. The van der Waals surface area contributed by atoms with Crippen molar-refractivity contribution in [3.05, 3.63) is 45.7 Å². The van der Waals surface area contributed by atoms with E-state index in [4.69, 9.17) is 0 Å². The van der Waals surface area contributed by atoms with E-state index in [1.165, 1.54) is 5.56 Å². The molecule has 0 bridgehead atoms. The Morgan fingerprint density at radius 1 is 1.24 bits per heavy atom. The zero-order valence-corrected chi connectivity index (χ0v) is 10.6. The minimum Gasteiger partial charge on any atom is -0.295 e. The summed E-state index contributed by atoms with van der Waals surface area (Å²) < 4.78 is 1.69. The molecule has 1 heterocycles. The van der Waals surface area contributed by atoms with Gasteiger partial charge < -0.3 is 0 Å². The molecule has 0 amide bonds. The molecule has 3 heteroatoms. The highest BCUT2D eigenvalue weighted by Gasteiger charge is 2.12. The Hall–Kier alpha value is -1.77. The maximum atomic E-state index is 12.0. The lowest BCUT2D eigenvalue weighted by molar-refractivity contribution is 0.586. The smallest absolute Gasteiger partial charge is 0.270 e. The van der Waals surface area contributed by atoms with Crippen molar-refractivity contribution in [2.75, 3.05) is 0 Å². The van der Waals surface area contributed by atoms with E-state index >= 15 is 0 Å². The van der Waals surface area contributed by atoms with Gasteiger partial charge in [0.15, 0.2) is 0 Å². The van der Waals surface area contributed by atoms with Crippen LogP contribution in [0.2, 0.25) is 0 Å². The fourth-order valence-electron chi connectivity index (χ4n) is 2.08. The number of hydrogen-bond acceptors (Lipinski definition) is 1. The first-order valence-electron chi connectivity index (χ1n) is 6.00. The molecule has 0 aliphatic heterocycles. The van der Waals surface area contributed by atoms with E-state index in [1.54, 1.807) is 4.68 Å². The fourth-order valence-corrected chi connectivity index (χ4v) is 2.08. The van der Waals surface area contributed by atoms with Crippen molar-refractivity contribution < 1.29 is 0 Å². The maximum Gasteiger partial charge on any atom is 0.270 e. The van der Waals surface area contributed by atoms with Gasteiger partial charge in [0.25, 0.3) is 5.56 Å². The van der Waals surface area contributed by atoms with Crippen molar-refractivity contribution in [1.82, 2.24) is 9.78 Å². The molecule has 3 nitrogen and oxygen atoms in total. The van der Waals surface area contributed by atoms with Gasteiger partial charge in [-0.2, -0.15) is 0 Å². The first-order chi connectivity index (χ1) is 8.15. The number of nitrogens with zero attached hydrogens (tertiary/aromatic N) is 1. The van der Waals surface area contributed by atoms with E-state index < -0.39 is 0 Å². The molecule has 0 aliphatic carbocycles. The molecule has 0 fully saturated rings. The number of benzene rings is 1. The Balaban J connectivity index is 2.57. The van der Waals surface area contributed by atoms with E-state index in [-0.39, 0.29) is 5.56 Å². The summed E-state index contributed by atoms with van der Waals surface area (Å²) in [6.07, 6.45) is 0.951. The first kappa shape index (κ1) is 11.7. The third-order valence-corrected chi connectivity index (χ3v) is 3.05. The highest BCUT2D eigenvalue weighted by molar-refractivity contribution is 5.65. The molecular formula is C14H18N2O. The Morgan fingerprint density at radius 3 is 2.59 bits per heavy atom. The van der Waals surface area contributed by atoms with Gasteiger partial charge in [0.05, 0.1) is 5.69 Å². The fraction of sp³-hybridized carbons (Fsp3) is 0.357. The second-order valence-electron chi connectivity index (χ2n) is 4.38. The summed E-state index contributed by atoms with van der Waals surface area (Å²) in [5.41, 5.74) is 4.12. The van der Waals surface area contributed by atoms with Crippen molar-refractivity contribution in [3.8, 4) is 11.3 Å². The van der Waals surface area contributed by atoms with Crippen molar-refractivity contribution in [2.45, 2.75) is 33.7 Å². The van der Waals surface area contributed by atoms with E-state index in [1.807, 2.05) is 25.1 Å². The molecule has 0 unspecified atom stereocenters. The molecule has 0 spiro atoms. The second kappa shape index (κ2) is 4.62. The lowest BCUT2D eigenvalue weighted by Crippen LogP contribution is -2.17. The average Bonchev–Trinajstić information content (AvgIpc) is 2.59. The highest BCUT2D eigenvalue weighted by Crippen LogP contribution is 2.22. The quantitative estimate of drug-likeness (QED) is 0.865. The monoisotopic (exact) mass is 230 g/mol. The molecule has 0 radical (unpaired) electrons. The molecule has 2 rings (SSSR count). The van der Waals surface area contributed by atoms with Crippen LogP contribution in [0.5, 0.6) is 0 Å². The van der Waals surface area contributed by atoms with Gasteiger partial charge in [0, 0.05) is 17.7 Å². The van der Waals surface area contributed by atoms with Gasteiger partial charge in [-0.25, -0.2) is 0 Å². The van der Waals surface area contributed by atoms with Crippen LogP contribution >= 0.6 is 0 Å². The average molecular weight is 230 g/mol. The summed E-state index contributed by atoms with van der Waals surface area (Å²) in [4.78, 5) is 12.0. The Labute approximate surface area is 101 Å². The topological polar surface area (TPSA) is 37.8 Å². The lowest BCUT2D eigenvalue weighted by atomic mass is 10.0. The van der Waals surface area contributed by atoms with Gasteiger partial charge in [0.1, 0.15) is 0 Å². The van der Waals surface area contributed by atoms with Gasteiger partial charge in [0.2, 0.25) is 0 Å². The molecule has 0 aliphatic rings. The maximum absolute atomic E-state index is 12.0. The van der Waals surface area contributed by atoms with Crippen LogP contribution in [0.25, 0.3) is 11.3 Å². The molecule has 90 valence electrons. The Morgan fingerprint density at radius 2 is 1.94 bits per heavy atom. The third-order valence-electron chi connectivity index (χ3n) is 3.05. The second-order valence-corrected chi connectivity index (χ2v) is 4.38. The predicted molar refractivity (Wildman–Crippen MR) is 70.3 cm³/mol. The van der Waals surface area contributed by atoms with Gasteiger partial charge in [-0.3, -0.25) is 14.6 Å². The molecule has 0 atom stereocenters. The summed E-state index contributed by atoms with van der Waals surface area (Å²) in [7, 11) is 0. The normalized spacial score (nSPS) is 10.8. The molecule has 0 saturated heterocycles. The summed E-state index contributed by atoms with van der Waals surface area (Å²) in [5.74, 6) is 0. The number of hydrogen-bond donors (Lipinski definition) is 1. The van der Waals surface area contributed by atoms with Crippen LogP contribution in [0.3, 0.4) is 0 Å². The van der Waals surface area contributed by atoms with Gasteiger partial charge >= 0.3 is 0 Å². The third kappa shape index (κ3) is 2.05. The molecule has 1 aromatic carbocycles. The summed E-state index contributed by atoms with van der Waals surface area (Å²) in [6, 6.07) is 8.11. The number of aryl methyl sites for hydroxylation is 2. The van der Waals surface area contributed by atoms with E-state index in [0.29, 0.717) is 0 Å². The van der Waals surface area contributed by atoms with E-state index in [2.05, 4.69) is 25.0 Å². The predicted octanol–water partition coefficient (Wildman–Crippen LogP) is 2.87. The summed E-state index contributed by atoms with van der Waals surface area (Å²) in [5, 5.41) is 3.21. The van der Waals surface area contributed by atoms with Gasteiger partial charge in [-0.15, -0.1) is 0 Å². The minimum absolute atomic E-state index is 0.0881. The zero-order chi connectivity index (χ0) is 12.4. The largest absolute Gasteiger partial charge is 0.295 e. The van der Waals surface area contributed by atoms with Crippen LogP contribution in [-0.2, 0) is 6.54 Å². The van der Waals surface area contributed by atoms with E-state index in [9.17, 15) is 4.79 Å². The summed E-state index contributed by atoms with van der Waals surface area (Å²) >= 11 is 0. The van der Waals surface area contributed by atoms with E-state index in [0.717, 1.165) is 29.8 Å². The highest BCUT2D eigenvalue weighted by atomic mass is 16.1. The molecule has 2 aromatic rings. The van der Waals surface area contributed by atoms with Crippen molar-refractivity contribution >= 4 is 0 Å². The standard InChI is InChI=1S/C14H18N2O/c1-4-9-16-14(17)11(3)13(15-16)12-8-6-5-7-10(12)2/h5-8,15H,4,9H2,1-3H3. The van der Waals surface area contributed by atoms with Crippen LogP contribution in [0.4, 0.5) is 0 Å². The van der Waals surface area contributed by atoms with Crippen LogP contribution in [0.1, 0.15) is 24.5 Å². The number of H-pyrrole nitrogens is 1. The number of nitrogens with one attached hydrogen (secondary N) is 1. The minimum atomic E-state index is 0.0881. The zero-order valence-electron chi connectivity index (χ0n) is 10.6. The molecule has 0 saturated carbocycles. The van der Waals surface area contributed by atoms with Crippen LogP contribution in [0, 0.1) is 13.8 Å². The van der Waals surface area contributed by atoms with Gasteiger partial charge in [-0.1, -0.05) is 31.2 Å². The SMILES string of the molecule is CCCn1[nH]c(-c2ccccc2C)c(C)c1=O. The molecular weight excluding hydrogens is 212 g/mol. The lowest BCUT2D eigenvalue weighted by Gasteiger charge is -2.04. The van der Waals surface area contributed by atoms with Crippen molar-refractivity contribution in [3.63, 3.8) is 0 Å². The number of rotatable bonds is 3. The summed E-state index contributed by atoms with van der Waals surface area (Å²) in [6.45, 7) is 6.75. The Bertz CT molecular complexity index is 578. The first-order valence-corrected chi connectivity index (χ1v) is 6.00. The van der Waals surface area contributed by atoms with Crippen LogP contribution in [-0.4, -0.2) is 9.78 Å². The van der Waals surface area contributed by atoms with Crippen LogP contribution in [0.15, 0.2) is 29.1 Å². The van der Waals surface area contributed by atoms with Gasteiger partial charge in [-0.05, 0) is 25.8 Å². The molecule has 1 aromatic heterocycles. The molecule has 17 heavy (non-hydrogen) atoms. The number of aromatic nitrogens is 2. The van der Waals surface area contributed by atoms with Crippen LogP contribution < -0.4 is 5.56 Å². The molecule has 1 N–H and O–H groups in total.